The van der Waals surface area contributed by atoms with E-state index in [1.807, 2.05) is 0 Å². The minimum Gasteiger partial charge on any atom is -0.0619 e. The SMILES string of the molecule is CCC1=Cc2ccccc2C1c1cccc2ccccc12. The van der Waals surface area contributed by atoms with Gasteiger partial charge in [-0.1, -0.05) is 85.3 Å². The molecule has 3 aromatic rings. The van der Waals surface area contributed by atoms with Crippen molar-refractivity contribution in [2.24, 2.45) is 0 Å². The molecule has 0 N–H and O–H groups in total. The van der Waals surface area contributed by atoms with Crippen molar-refractivity contribution in [3.63, 3.8) is 0 Å². The van der Waals surface area contributed by atoms with Gasteiger partial charge in [0.05, 0.1) is 0 Å². The quantitative estimate of drug-likeness (QED) is 0.554. The van der Waals surface area contributed by atoms with Gasteiger partial charge in [0, 0.05) is 5.92 Å². The summed E-state index contributed by atoms with van der Waals surface area (Å²) >= 11 is 0. The van der Waals surface area contributed by atoms with Crippen molar-refractivity contribution in [3.05, 3.63) is 89.0 Å². The van der Waals surface area contributed by atoms with Gasteiger partial charge in [-0.15, -0.1) is 0 Å². The van der Waals surface area contributed by atoms with Crippen LogP contribution in [0.15, 0.2) is 72.3 Å². The number of fused-ring (bicyclic) bond motifs is 2. The molecule has 0 saturated heterocycles. The normalized spacial score (nSPS) is 16.8. The largest absolute Gasteiger partial charge is 0.0619 e. The fourth-order valence-corrected chi connectivity index (χ4v) is 3.56. The van der Waals surface area contributed by atoms with Crippen molar-refractivity contribution in [3.8, 4) is 0 Å². The van der Waals surface area contributed by atoms with Crippen LogP contribution >= 0.6 is 0 Å². The van der Waals surface area contributed by atoms with Gasteiger partial charge < -0.3 is 0 Å². The van der Waals surface area contributed by atoms with Gasteiger partial charge in [-0.2, -0.15) is 0 Å². The van der Waals surface area contributed by atoms with Crippen molar-refractivity contribution >= 4 is 16.8 Å². The zero-order valence-corrected chi connectivity index (χ0v) is 12.2. The summed E-state index contributed by atoms with van der Waals surface area (Å²) in [7, 11) is 0. The third-order valence-corrected chi connectivity index (χ3v) is 4.56. The zero-order chi connectivity index (χ0) is 14.2. The zero-order valence-electron chi connectivity index (χ0n) is 12.2. The second-order valence-electron chi connectivity index (χ2n) is 5.70. The van der Waals surface area contributed by atoms with Gasteiger partial charge in [0.1, 0.15) is 0 Å². The number of hydrogen-bond donors (Lipinski definition) is 0. The molecule has 3 aromatic carbocycles. The van der Waals surface area contributed by atoms with Crippen molar-refractivity contribution < 1.29 is 0 Å². The first-order valence-corrected chi connectivity index (χ1v) is 7.65. The molecular formula is C21H18. The molecule has 0 heteroatoms. The van der Waals surface area contributed by atoms with Crippen LogP contribution in [0.5, 0.6) is 0 Å². The molecule has 0 fully saturated rings. The van der Waals surface area contributed by atoms with Crippen LogP contribution in [0.1, 0.15) is 36.0 Å². The first-order chi connectivity index (χ1) is 10.4. The standard InChI is InChI=1S/C21H18/c1-2-15-14-17-9-4-6-12-19(17)21(15)20-13-7-10-16-8-3-5-11-18(16)20/h3-14,21H,2H2,1H3. The molecule has 0 aliphatic heterocycles. The minimum absolute atomic E-state index is 0.414. The van der Waals surface area contributed by atoms with Crippen LogP contribution in [0, 0.1) is 0 Å². The van der Waals surface area contributed by atoms with E-state index in [9.17, 15) is 0 Å². The summed E-state index contributed by atoms with van der Waals surface area (Å²) in [6.07, 6.45) is 3.48. The molecule has 1 aliphatic carbocycles. The lowest BCUT2D eigenvalue weighted by Gasteiger charge is -2.19. The Kier molecular flexibility index (Phi) is 2.89. The number of benzene rings is 3. The Balaban J connectivity index is 1.98. The van der Waals surface area contributed by atoms with E-state index < -0.39 is 0 Å². The molecule has 0 saturated carbocycles. The molecule has 1 unspecified atom stereocenters. The second kappa shape index (κ2) is 4.89. The Morgan fingerprint density at radius 3 is 2.38 bits per heavy atom. The molecule has 0 heterocycles. The number of allylic oxidation sites excluding steroid dienone is 1. The molecular weight excluding hydrogens is 252 g/mol. The predicted octanol–water partition coefficient (Wildman–Crippen LogP) is 5.78. The van der Waals surface area contributed by atoms with Gasteiger partial charge >= 0.3 is 0 Å². The van der Waals surface area contributed by atoms with E-state index in [0.29, 0.717) is 5.92 Å². The molecule has 1 atom stereocenters. The van der Waals surface area contributed by atoms with E-state index >= 15 is 0 Å². The van der Waals surface area contributed by atoms with Gasteiger partial charge in [-0.05, 0) is 33.9 Å². The molecule has 0 nitrogen and oxygen atoms in total. The summed E-state index contributed by atoms with van der Waals surface area (Å²) in [5, 5.41) is 2.70. The highest BCUT2D eigenvalue weighted by Gasteiger charge is 2.26. The van der Waals surface area contributed by atoms with E-state index in [1.165, 1.54) is 33.0 Å². The summed E-state index contributed by atoms with van der Waals surface area (Å²) in [4.78, 5) is 0. The summed E-state index contributed by atoms with van der Waals surface area (Å²) in [6, 6.07) is 24.2. The summed E-state index contributed by atoms with van der Waals surface area (Å²) < 4.78 is 0. The molecule has 0 radical (unpaired) electrons. The summed E-state index contributed by atoms with van der Waals surface area (Å²) in [5.41, 5.74) is 5.79. The van der Waals surface area contributed by atoms with Crippen molar-refractivity contribution in [2.45, 2.75) is 19.3 Å². The van der Waals surface area contributed by atoms with Gasteiger partial charge in [0.2, 0.25) is 0 Å². The maximum absolute atomic E-state index is 2.38. The highest BCUT2D eigenvalue weighted by atomic mass is 14.3. The first kappa shape index (κ1) is 12.4. The minimum atomic E-state index is 0.414. The Morgan fingerprint density at radius 2 is 1.48 bits per heavy atom. The smallest absolute Gasteiger partial charge is 0.0314 e. The Morgan fingerprint density at radius 1 is 0.762 bits per heavy atom. The number of hydrogen-bond acceptors (Lipinski definition) is 0. The van der Waals surface area contributed by atoms with Gasteiger partial charge in [-0.25, -0.2) is 0 Å². The van der Waals surface area contributed by atoms with E-state index in [1.54, 1.807) is 0 Å². The van der Waals surface area contributed by atoms with Crippen LogP contribution in [-0.2, 0) is 0 Å². The fourth-order valence-electron chi connectivity index (χ4n) is 3.56. The molecule has 21 heavy (non-hydrogen) atoms. The Labute approximate surface area is 125 Å². The van der Waals surface area contributed by atoms with Crippen molar-refractivity contribution in [1.82, 2.24) is 0 Å². The molecule has 4 rings (SSSR count). The van der Waals surface area contributed by atoms with Gasteiger partial charge in [-0.3, -0.25) is 0 Å². The lowest BCUT2D eigenvalue weighted by Crippen LogP contribution is -2.01. The number of rotatable bonds is 2. The van der Waals surface area contributed by atoms with Crippen LogP contribution in [0.25, 0.3) is 16.8 Å². The maximum Gasteiger partial charge on any atom is 0.0314 e. The molecule has 1 aliphatic rings. The lowest BCUT2D eigenvalue weighted by molar-refractivity contribution is 0.916. The predicted molar refractivity (Wildman–Crippen MR) is 90.5 cm³/mol. The van der Waals surface area contributed by atoms with Crippen molar-refractivity contribution in [2.75, 3.05) is 0 Å². The lowest BCUT2D eigenvalue weighted by atomic mass is 9.85. The third kappa shape index (κ3) is 1.91. The van der Waals surface area contributed by atoms with E-state index in [0.717, 1.165) is 6.42 Å². The second-order valence-corrected chi connectivity index (χ2v) is 5.70. The van der Waals surface area contributed by atoms with Crippen LogP contribution in [0.2, 0.25) is 0 Å². The molecule has 102 valence electrons. The van der Waals surface area contributed by atoms with E-state index in [4.69, 9.17) is 0 Å². The average molecular weight is 270 g/mol. The monoisotopic (exact) mass is 270 g/mol. The first-order valence-electron chi connectivity index (χ1n) is 7.65. The molecule has 0 bridgehead atoms. The molecule has 0 spiro atoms. The summed E-state index contributed by atoms with van der Waals surface area (Å²) in [6.45, 7) is 2.26. The van der Waals surface area contributed by atoms with Crippen LogP contribution in [0.3, 0.4) is 0 Å². The molecule has 0 aromatic heterocycles. The van der Waals surface area contributed by atoms with Crippen LogP contribution in [-0.4, -0.2) is 0 Å². The Hall–Kier alpha value is -2.34. The molecule has 0 amide bonds. The Bertz CT molecular complexity index is 834. The topological polar surface area (TPSA) is 0 Å². The van der Waals surface area contributed by atoms with Crippen LogP contribution < -0.4 is 0 Å². The maximum atomic E-state index is 2.38. The van der Waals surface area contributed by atoms with E-state index in [2.05, 4.69) is 79.7 Å². The highest BCUT2D eigenvalue weighted by molar-refractivity contribution is 5.88. The van der Waals surface area contributed by atoms with E-state index in [-0.39, 0.29) is 0 Å². The summed E-state index contributed by atoms with van der Waals surface area (Å²) in [5.74, 6) is 0.414. The van der Waals surface area contributed by atoms with Crippen LogP contribution in [0.4, 0.5) is 0 Å². The van der Waals surface area contributed by atoms with Gasteiger partial charge in [0.25, 0.3) is 0 Å². The average Bonchev–Trinajstić information content (AvgIpc) is 2.92. The fraction of sp³-hybridized carbons (Fsp3) is 0.143. The van der Waals surface area contributed by atoms with Gasteiger partial charge in [0.15, 0.2) is 0 Å². The highest BCUT2D eigenvalue weighted by Crippen LogP contribution is 2.44. The van der Waals surface area contributed by atoms with Crippen molar-refractivity contribution in [1.29, 1.82) is 0 Å². The third-order valence-electron chi connectivity index (χ3n) is 4.56.